The smallest absolute Gasteiger partial charge is 0.344 e. The Morgan fingerprint density at radius 1 is 1.18 bits per heavy atom. The number of carbonyl (C=O) groups excluding carboxylic acids is 1. The molecule has 0 saturated heterocycles. The third-order valence-electron chi connectivity index (χ3n) is 1.32. The molecule has 17 heavy (non-hydrogen) atoms. The van der Waals surface area contributed by atoms with Crippen LogP contribution in [0.25, 0.3) is 0 Å². The van der Waals surface area contributed by atoms with E-state index in [1.54, 1.807) is 0 Å². The van der Waals surface area contributed by atoms with Crippen molar-refractivity contribution in [3.63, 3.8) is 0 Å². The van der Waals surface area contributed by atoms with Crippen LogP contribution in [0.4, 0.5) is 0 Å². The van der Waals surface area contributed by atoms with Crippen molar-refractivity contribution >= 4 is 28.0 Å². The minimum absolute atomic E-state index is 0.991. The molecule has 0 amide bonds. The first kappa shape index (κ1) is 15.3. The number of carbonyl (C=O) groups is 3. The van der Waals surface area contributed by atoms with Gasteiger partial charge in [-0.3, -0.25) is 14.2 Å². The summed E-state index contributed by atoms with van der Waals surface area (Å²) in [5.41, 5.74) is 0. The molecule has 0 rings (SSSR count). The molecule has 0 saturated carbocycles. The predicted octanol–water partition coefficient (Wildman–Crippen LogP) is -1.72. The Morgan fingerprint density at radius 2 is 1.71 bits per heavy atom. The van der Waals surface area contributed by atoms with Crippen LogP contribution in [0.2, 0.25) is 0 Å². The molecule has 0 bridgehead atoms. The summed E-state index contributed by atoms with van der Waals surface area (Å²) in [6.45, 7) is -0.991. The van der Waals surface area contributed by atoms with Gasteiger partial charge in [0.05, 0.1) is 6.42 Å². The van der Waals surface area contributed by atoms with Crippen LogP contribution in [0.5, 0.6) is 0 Å². The summed E-state index contributed by atoms with van der Waals surface area (Å²) in [6, 6.07) is 0. The lowest BCUT2D eigenvalue weighted by molar-refractivity contribution is -0.271. The first-order chi connectivity index (χ1) is 7.64. The number of rotatable bonds is 7. The van der Waals surface area contributed by atoms with Gasteiger partial charge in [-0.25, -0.2) is 9.59 Å². The van der Waals surface area contributed by atoms with Gasteiger partial charge in [-0.15, -0.1) is 0 Å². The van der Waals surface area contributed by atoms with Gasteiger partial charge in [0.15, 0.2) is 11.9 Å². The fourth-order valence-electron chi connectivity index (χ4n) is 0.651. The predicted molar refractivity (Wildman–Crippen MR) is 47.3 cm³/mol. The Morgan fingerprint density at radius 3 is 2.06 bits per heavy atom. The molecular formula is C6H8O10S. The van der Waals surface area contributed by atoms with E-state index in [9.17, 15) is 22.8 Å². The van der Waals surface area contributed by atoms with E-state index in [2.05, 4.69) is 9.78 Å². The maximum absolute atomic E-state index is 10.8. The van der Waals surface area contributed by atoms with Crippen LogP contribution in [0.1, 0.15) is 6.42 Å². The molecule has 0 heterocycles. The van der Waals surface area contributed by atoms with Crippen LogP contribution >= 0.6 is 0 Å². The zero-order valence-electron chi connectivity index (χ0n) is 8.10. The highest BCUT2D eigenvalue weighted by Crippen LogP contribution is 2.06. The summed E-state index contributed by atoms with van der Waals surface area (Å²) in [6.07, 6.45) is -1.21. The monoisotopic (exact) mass is 272 g/mol. The van der Waals surface area contributed by atoms with E-state index in [4.69, 9.17) is 14.8 Å². The van der Waals surface area contributed by atoms with E-state index in [0.717, 1.165) is 0 Å². The van der Waals surface area contributed by atoms with Crippen LogP contribution in [0.15, 0.2) is 0 Å². The van der Waals surface area contributed by atoms with Gasteiger partial charge >= 0.3 is 17.9 Å². The van der Waals surface area contributed by atoms with Crippen molar-refractivity contribution in [1.82, 2.24) is 0 Å². The fraction of sp³-hybridized carbons (Fsp3) is 0.500. The molecule has 98 valence electrons. The minimum Gasteiger partial charge on any atom is -0.480 e. The van der Waals surface area contributed by atoms with E-state index in [1.807, 2.05) is 0 Å². The van der Waals surface area contributed by atoms with Gasteiger partial charge in [0.25, 0.3) is 10.1 Å². The summed E-state index contributed by atoms with van der Waals surface area (Å²) >= 11 is 0. The van der Waals surface area contributed by atoms with E-state index < -0.39 is 46.3 Å². The van der Waals surface area contributed by atoms with Crippen LogP contribution in [0.3, 0.4) is 0 Å². The number of hydrogen-bond acceptors (Lipinski definition) is 7. The molecule has 0 radical (unpaired) electrons. The van der Waals surface area contributed by atoms with E-state index in [-0.39, 0.29) is 0 Å². The Balaban J connectivity index is 4.34. The molecule has 0 fully saturated rings. The second-order valence-electron chi connectivity index (χ2n) is 2.66. The van der Waals surface area contributed by atoms with Crippen LogP contribution in [0, 0.1) is 0 Å². The Kier molecular flexibility index (Phi) is 5.50. The molecule has 0 spiro atoms. The van der Waals surface area contributed by atoms with E-state index in [0.29, 0.717) is 0 Å². The van der Waals surface area contributed by atoms with Crippen LogP contribution in [-0.2, 0) is 34.3 Å². The molecule has 1 unspecified atom stereocenters. The third kappa shape index (κ3) is 6.44. The average molecular weight is 272 g/mol. The van der Waals surface area contributed by atoms with Crippen molar-refractivity contribution in [2.45, 2.75) is 11.7 Å². The van der Waals surface area contributed by atoms with Crippen molar-refractivity contribution in [2.75, 3.05) is 6.61 Å². The highest BCUT2D eigenvalue weighted by Gasteiger charge is 2.34. The molecule has 11 heteroatoms. The van der Waals surface area contributed by atoms with Crippen molar-refractivity contribution < 1.29 is 47.3 Å². The topological polar surface area (TPSA) is 164 Å². The molecular weight excluding hydrogens is 264 g/mol. The van der Waals surface area contributed by atoms with Crippen molar-refractivity contribution in [3.05, 3.63) is 0 Å². The van der Waals surface area contributed by atoms with Crippen molar-refractivity contribution in [1.29, 1.82) is 0 Å². The standard InChI is InChI=1S/C6H8O10S/c7-4(8)2-15-16-5(9)1-3(6(10)11)17(12,13)14/h3H,1-2H2,(H,7,8)(H,10,11)(H,12,13,14). The zero-order valence-corrected chi connectivity index (χ0v) is 8.92. The minimum atomic E-state index is -4.97. The van der Waals surface area contributed by atoms with Gasteiger partial charge in [0.1, 0.15) is 0 Å². The van der Waals surface area contributed by atoms with Gasteiger partial charge in [-0.2, -0.15) is 13.3 Å². The lowest BCUT2D eigenvalue weighted by atomic mass is 10.3. The first-order valence-corrected chi connectivity index (χ1v) is 5.38. The van der Waals surface area contributed by atoms with Gasteiger partial charge in [0.2, 0.25) is 0 Å². The summed E-state index contributed by atoms with van der Waals surface area (Å²) in [5, 5.41) is 14.1. The number of carboxylic acids is 2. The Bertz CT molecular complexity index is 409. The van der Waals surface area contributed by atoms with Crippen molar-refractivity contribution in [3.8, 4) is 0 Å². The first-order valence-electron chi connectivity index (χ1n) is 3.87. The summed E-state index contributed by atoms with van der Waals surface area (Å²) in [4.78, 5) is 38.7. The maximum Gasteiger partial charge on any atom is 0.344 e. The lowest BCUT2D eigenvalue weighted by Gasteiger charge is -2.07. The van der Waals surface area contributed by atoms with Crippen LogP contribution < -0.4 is 0 Å². The van der Waals surface area contributed by atoms with Gasteiger partial charge < -0.3 is 10.2 Å². The van der Waals surface area contributed by atoms with Crippen molar-refractivity contribution in [2.24, 2.45) is 0 Å². The molecule has 10 nitrogen and oxygen atoms in total. The molecule has 0 aliphatic heterocycles. The summed E-state index contributed by atoms with van der Waals surface area (Å²) in [7, 11) is -4.97. The largest absolute Gasteiger partial charge is 0.480 e. The third-order valence-corrected chi connectivity index (χ3v) is 2.41. The highest BCUT2D eigenvalue weighted by atomic mass is 32.2. The molecule has 3 N–H and O–H groups in total. The lowest BCUT2D eigenvalue weighted by Crippen LogP contribution is -2.32. The van der Waals surface area contributed by atoms with Gasteiger partial charge in [0, 0.05) is 0 Å². The molecule has 0 aromatic heterocycles. The average Bonchev–Trinajstić information content (AvgIpc) is 2.11. The quantitative estimate of drug-likeness (QED) is 0.275. The summed E-state index contributed by atoms with van der Waals surface area (Å²) in [5.74, 6) is -4.86. The zero-order chi connectivity index (χ0) is 13.6. The highest BCUT2D eigenvalue weighted by molar-refractivity contribution is 7.87. The van der Waals surface area contributed by atoms with Gasteiger partial charge in [-0.05, 0) is 0 Å². The van der Waals surface area contributed by atoms with Gasteiger partial charge in [-0.1, -0.05) is 0 Å². The molecule has 1 atom stereocenters. The van der Waals surface area contributed by atoms with Crippen LogP contribution in [-0.4, -0.2) is 52.9 Å². The fourth-order valence-corrected chi connectivity index (χ4v) is 1.25. The summed E-state index contributed by atoms with van der Waals surface area (Å²) < 4.78 is 29.5. The van der Waals surface area contributed by atoms with E-state index in [1.165, 1.54) is 0 Å². The Labute approximate surface area is 94.4 Å². The van der Waals surface area contributed by atoms with E-state index >= 15 is 0 Å². The molecule has 0 aromatic rings. The second kappa shape index (κ2) is 6.12. The molecule has 0 aliphatic rings. The SMILES string of the molecule is O=C(O)COOC(=O)CC(C(=O)O)S(=O)(=O)O. The molecule has 0 aliphatic carbocycles. The maximum atomic E-state index is 10.8. The normalized spacial score (nSPS) is 12.8. The second-order valence-corrected chi connectivity index (χ2v) is 4.26. The number of carboxylic acid groups (broad SMARTS) is 2. The number of hydrogen-bond donors (Lipinski definition) is 3. The molecule has 0 aromatic carbocycles. The Hall–Kier alpha value is -1.72. The number of aliphatic carboxylic acids is 2.